The smallest absolute Gasteiger partial charge is 0.142 e. The summed E-state index contributed by atoms with van der Waals surface area (Å²) in [6, 6.07) is 2.16. The molecule has 2 N–H and O–H groups in total. The van der Waals surface area contributed by atoms with Gasteiger partial charge in [0.15, 0.2) is 0 Å². The monoisotopic (exact) mass is 207 g/mol. The Morgan fingerprint density at radius 2 is 2.20 bits per heavy atom. The lowest BCUT2D eigenvalue weighted by Gasteiger charge is -2.06. The van der Waals surface area contributed by atoms with Crippen molar-refractivity contribution in [3.63, 3.8) is 0 Å². The summed E-state index contributed by atoms with van der Waals surface area (Å²) in [4.78, 5) is 0. The molecular weight excluding hydrogens is 190 g/mol. The lowest BCUT2D eigenvalue weighted by Crippen LogP contribution is -2.22. The number of nitrogens with one attached hydrogen (secondary N) is 2. The number of hydrogen-bond donors (Lipinski definition) is 2. The van der Waals surface area contributed by atoms with Crippen LogP contribution in [0.15, 0.2) is 0 Å². The van der Waals surface area contributed by atoms with Gasteiger partial charge in [-0.25, -0.2) is 0 Å². The third kappa shape index (κ3) is 2.70. The zero-order chi connectivity index (χ0) is 11.3. The highest BCUT2D eigenvalue weighted by molar-refractivity contribution is 5.54. The van der Waals surface area contributed by atoms with E-state index in [4.69, 9.17) is 5.26 Å². The second-order valence-electron chi connectivity index (χ2n) is 3.32. The fourth-order valence-electron chi connectivity index (χ4n) is 1.44. The normalized spacial score (nSPS) is 10.0. The van der Waals surface area contributed by atoms with Crippen LogP contribution in [0.2, 0.25) is 0 Å². The Balaban J connectivity index is 2.64. The molecule has 0 spiro atoms. The number of rotatable bonds is 5. The molecule has 0 bridgehead atoms. The molecule has 0 aliphatic carbocycles. The molecule has 5 nitrogen and oxygen atoms in total. The lowest BCUT2D eigenvalue weighted by atomic mass is 10.2. The largest absolute Gasteiger partial charge is 0.368 e. The van der Waals surface area contributed by atoms with Crippen LogP contribution in [0.5, 0.6) is 0 Å². The van der Waals surface area contributed by atoms with Crippen molar-refractivity contribution in [1.82, 2.24) is 15.1 Å². The second-order valence-corrected chi connectivity index (χ2v) is 3.32. The predicted octanol–water partition coefficient (Wildman–Crippen LogP) is 0.622. The minimum atomic E-state index is 0.633. The Morgan fingerprint density at radius 1 is 1.47 bits per heavy atom. The van der Waals surface area contributed by atoms with Gasteiger partial charge in [-0.15, -0.1) is 0 Å². The first-order valence-corrected chi connectivity index (χ1v) is 5.09. The van der Waals surface area contributed by atoms with Crippen molar-refractivity contribution < 1.29 is 0 Å². The van der Waals surface area contributed by atoms with Crippen molar-refractivity contribution in [2.24, 2.45) is 7.05 Å². The topological polar surface area (TPSA) is 65.7 Å². The van der Waals surface area contributed by atoms with Gasteiger partial charge in [-0.05, 0) is 13.5 Å². The van der Waals surface area contributed by atoms with Crippen LogP contribution in [0.4, 0.5) is 5.82 Å². The van der Waals surface area contributed by atoms with Crippen LogP contribution in [0.1, 0.15) is 18.2 Å². The van der Waals surface area contributed by atoms with Crippen molar-refractivity contribution in [2.45, 2.75) is 13.8 Å². The molecule has 0 saturated heterocycles. The van der Waals surface area contributed by atoms with E-state index in [1.165, 1.54) is 0 Å². The van der Waals surface area contributed by atoms with E-state index in [-0.39, 0.29) is 0 Å². The SMILES string of the molecule is CCNCCNc1c(C#N)c(C)nn1C. The highest BCUT2D eigenvalue weighted by atomic mass is 15.3. The van der Waals surface area contributed by atoms with Gasteiger partial charge in [0.25, 0.3) is 0 Å². The van der Waals surface area contributed by atoms with Gasteiger partial charge < -0.3 is 10.6 Å². The number of hydrogen-bond acceptors (Lipinski definition) is 4. The molecule has 0 saturated carbocycles. The summed E-state index contributed by atoms with van der Waals surface area (Å²) in [5.74, 6) is 0.799. The van der Waals surface area contributed by atoms with E-state index in [0.29, 0.717) is 5.56 Å². The van der Waals surface area contributed by atoms with Crippen LogP contribution in [0, 0.1) is 18.3 Å². The van der Waals surface area contributed by atoms with Gasteiger partial charge in [-0.2, -0.15) is 10.4 Å². The first-order chi connectivity index (χ1) is 7.20. The fourth-order valence-corrected chi connectivity index (χ4v) is 1.44. The molecule has 0 unspecified atom stereocenters. The highest BCUT2D eigenvalue weighted by Gasteiger charge is 2.11. The maximum absolute atomic E-state index is 8.96. The molecule has 0 aromatic carbocycles. The number of likely N-dealkylation sites (N-methyl/N-ethyl adjacent to an activating group) is 1. The van der Waals surface area contributed by atoms with E-state index in [1.807, 2.05) is 14.0 Å². The van der Waals surface area contributed by atoms with E-state index in [2.05, 4.69) is 28.7 Å². The van der Waals surface area contributed by atoms with Gasteiger partial charge >= 0.3 is 0 Å². The van der Waals surface area contributed by atoms with Gasteiger partial charge in [-0.1, -0.05) is 6.92 Å². The van der Waals surface area contributed by atoms with Crippen molar-refractivity contribution in [3.05, 3.63) is 11.3 Å². The zero-order valence-electron chi connectivity index (χ0n) is 9.46. The predicted molar refractivity (Wildman–Crippen MR) is 59.7 cm³/mol. The van der Waals surface area contributed by atoms with Crippen molar-refractivity contribution >= 4 is 5.82 Å². The summed E-state index contributed by atoms with van der Waals surface area (Å²) in [6.07, 6.45) is 0. The van der Waals surface area contributed by atoms with Crippen LogP contribution >= 0.6 is 0 Å². The lowest BCUT2D eigenvalue weighted by molar-refractivity contribution is 0.722. The fraction of sp³-hybridized carbons (Fsp3) is 0.600. The highest BCUT2D eigenvalue weighted by Crippen LogP contribution is 2.16. The molecule has 1 aromatic heterocycles. The molecule has 5 heteroatoms. The Hall–Kier alpha value is -1.54. The zero-order valence-corrected chi connectivity index (χ0v) is 9.46. The van der Waals surface area contributed by atoms with Crippen molar-refractivity contribution in [1.29, 1.82) is 5.26 Å². The van der Waals surface area contributed by atoms with Gasteiger partial charge in [0.2, 0.25) is 0 Å². The molecule has 0 aliphatic rings. The average molecular weight is 207 g/mol. The summed E-state index contributed by atoms with van der Waals surface area (Å²) in [7, 11) is 1.84. The average Bonchev–Trinajstić information content (AvgIpc) is 2.48. The third-order valence-corrected chi connectivity index (χ3v) is 2.18. The molecule has 1 rings (SSSR count). The number of aryl methyl sites for hydroxylation is 2. The first-order valence-electron chi connectivity index (χ1n) is 5.09. The molecule has 82 valence electrons. The van der Waals surface area contributed by atoms with Crippen LogP contribution in [-0.2, 0) is 7.05 Å². The molecule has 0 amide bonds. The van der Waals surface area contributed by atoms with E-state index in [1.54, 1.807) is 4.68 Å². The molecule has 0 fully saturated rings. The summed E-state index contributed by atoms with van der Waals surface area (Å²) in [6.45, 7) is 6.53. The van der Waals surface area contributed by atoms with E-state index in [9.17, 15) is 0 Å². The van der Waals surface area contributed by atoms with Gasteiger partial charge in [0, 0.05) is 20.1 Å². The molecule has 0 atom stereocenters. The van der Waals surface area contributed by atoms with Crippen LogP contribution in [0.3, 0.4) is 0 Å². The Labute approximate surface area is 90.1 Å². The maximum Gasteiger partial charge on any atom is 0.142 e. The summed E-state index contributed by atoms with van der Waals surface area (Å²) in [5.41, 5.74) is 1.40. The van der Waals surface area contributed by atoms with E-state index >= 15 is 0 Å². The first kappa shape index (κ1) is 11.5. The number of aromatic nitrogens is 2. The van der Waals surface area contributed by atoms with Gasteiger partial charge in [0.1, 0.15) is 17.5 Å². The van der Waals surface area contributed by atoms with Crippen LogP contribution in [0.25, 0.3) is 0 Å². The molecule has 0 aliphatic heterocycles. The summed E-state index contributed by atoms with van der Waals surface area (Å²) in [5, 5.41) is 19.6. The van der Waals surface area contributed by atoms with E-state index in [0.717, 1.165) is 31.1 Å². The minimum absolute atomic E-state index is 0.633. The number of nitriles is 1. The summed E-state index contributed by atoms with van der Waals surface area (Å²) < 4.78 is 1.71. The third-order valence-electron chi connectivity index (χ3n) is 2.18. The molecule has 15 heavy (non-hydrogen) atoms. The Morgan fingerprint density at radius 3 is 2.80 bits per heavy atom. The summed E-state index contributed by atoms with van der Waals surface area (Å²) >= 11 is 0. The van der Waals surface area contributed by atoms with Gasteiger partial charge in [-0.3, -0.25) is 4.68 Å². The van der Waals surface area contributed by atoms with Crippen LogP contribution in [-0.4, -0.2) is 29.4 Å². The van der Waals surface area contributed by atoms with E-state index < -0.39 is 0 Å². The number of anilines is 1. The van der Waals surface area contributed by atoms with Crippen LogP contribution < -0.4 is 10.6 Å². The molecule has 0 radical (unpaired) electrons. The standard InChI is InChI=1S/C10H17N5/c1-4-12-5-6-13-10-9(7-11)8(2)14-15(10)3/h12-13H,4-6H2,1-3H3. The minimum Gasteiger partial charge on any atom is -0.368 e. The molecular formula is C10H17N5. The maximum atomic E-state index is 8.96. The Kier molecular flexibility index (Phi) is 4.13. The molecule has 1 aromatic rings. The molecule has 1 heterocycles. The van der Waals surface area contributed by atoms with Gasteiger partial charge in [0.05, 0.1) is 5.69 Å². The van der Waals surface area contributed by atoms with Crippen molar-refractivity contribution in [2.75, 3.05) is 25.0 Å². The second kappa shape index (κ2) is 5.37. The quantitative estimate of drug-likeness (QED) is 0.695. The Bertz CT molecular complexity index is 361. The van der Waals surface area contributed by atoms with Crippen molar-refractivity contribution in [3.8, 4) is 6.07 Å². The number of nitrogens with zero attached hydrogens (tertiary/aromatic N) is 3.